The van der Waals surface area contributed by atoms with E-state index in [2.05, 4.69) is 0 Å². The van der Waals surface area contributed by atoms with E-state index in [4.69, 9.17) is 4.74 Å². The SMILES string of the molecule is CC1(OCCF)CC1. The summed E-state index contributed by atoms with van der Waals surface area (Å²) in [7, 11) is 0. The molecule has 48 valence electrons. The Labute approximate surface area is 48.8 Å². The van der Waals surface area contributed by atoms with E-state index in [1.165, 1.54) is 0 Å². The van der Waals surface area contributed by atoms with Crippen LogP contribution in [-0.4, -0.2) is 18.9 Å². The van der Waals surface area contributed by atoms with Crippen molar-refractivity contribution >= 4 is 0 Å². The zero-order valence-electron chi connectivity index (χ0n) is 5.11. The van der Waals surface area contributed by atoms with Gasteiger partial charge in [-0.3, -0.25) is 0 Å². The average Bonchev–Trinajstić information content (AvgIpc) is 2.45. The van der Waals surface area contributed by atoms with Gasteiger partial charge in [0.2, 0.25) is 0 Å². The van der Waals surface area contributed by atoms with Gasteiger partial charge >= 0.3 is 0 Å². The summed E-state index contributed by atoms with van der Waals surface area (Å²) in [5.74, 6) is 0. The first-order valence-corrected chi connectivity index (χ1v) is 2.97. The van der Waals surface area contributed by atoms with Crippen LogP contribution in [0.2, 0.25) is 0 Å². The maximum atomic E-state index is 11.4. The molecule has 0 aromatic heterocycles. The molecular formula is C6H11FO. The predicted molar refractivity (Wildman–Crippen MR) is 29.6 cm³/mol. The summed E-state index contributed by atoms with van der Waals surface area (Å²) in [6.45, 7) is 1.94. The van der Waals surface area contributed by atoms with Crippen molar-refractivity contribution in [2.75, 3.05) is 13.3 Å². The molecule has 0 unspecified atom stereocenters. The normalized spacial score (nSPS) is 23.2. The predicted octanol–water partition coefficient (Wildman–Crippen LogP) is 1.52. The van der Waals surface area contributed by atoms with E-state index in [0.717, 1.165) is 12.8 Å². The fourth-order valence-electron chi connectivity index (χ4n) is 0.605. The third-order valence-corrected chi connectivity index (χ3v) is 1.48. The highest BCUT2D eigenvalue weighted by Gasteiger charge is 2.38. The summed E-state index contributed by atoms with van der Waals surface area (Å²) in [5, 5.41) is 0. The minimum absolute atomic E-state index is 0.0616. The van der Waals surface area contributed by atoms with E-state index < -0.39 is 0 Å². The van der Waals surface area contributed by atoms with Gasteiger partial charge in [-0.15, -0.1) is 0 Å². The lowest BCUT2D eigenvalue weighted by Gasteiger charge is -2.06. The van der Waals surface area contributed by atoms with Crippen molar-refractivity contribution in [1.82, 2.24) is 0 Å². The average molecular weight is 118 g/mol. The quantitative estimate of drug-likeness (QED) is 0.546. The molecule has 0 bridgehead atoms. The van der Waals surface area contributed by atoms with Crippen molar-refractivity contribution in [1.29, 1.82) is 0 Å². The topological polar surface area (TPSA) is 9.23 Å². The number of hydrogen-bond donors (Lipinski definition) is 0. The molecule has 1 nitrogen and oxygen atoms in total. The van der Waals surface area contributed by atoms with Crippen LogP contribution in [0.3, 0.4) is 0 Å². The highest BCUT2D eigenvalue weighted by molar-refractivity contribution is 4.90. The number of rotatable bonds is 3. The van der Waals surface area contributed by atoms with E-state index >= 15 is 0 Å². The Kier molecular flexibility index (Phi) is 1.52. The Bertz CT molecular complexity index is 78.6. The Morgan fingerprint density at radius 2 is 2.25 bits per heavy atom. The number of ether oxygens (including phenoxy) is 1. The van der Waals surface area contributed by atoms with Crippen LogP contribution in [-0.2, 0) is 4.74 Å². The van der Waals surface area contributed by atoms with Crippen molar-refractivity contribution < 1.29 is 9.13 Å². The van der Waals surface area contributed by atoms with Crippen LogP contribution in [0, 0.1) is 0 Å². The number of halogens is 1. The molecule has 0 aliphatic heterocycles. The lowest BCUT2D eigenvalue weighted by atomic mass is 10.4. The standard InChI is InChI=1S/C6H11FO/c1-6(2-3-6)8-5-4-7/h2-5H2,1H3. The Morgan fingerprint density at radius 3 is 2.62 bits per heavy atom. The lowest BCUT2D eigenvalue weighted by Crippen LogP contribution is -2.09. The molecule has 2 heteroatoms. The second-order valence-corrected chi connectivity index (χ2v) is 2.49. The molecule has 1 fully saturated rings. The first kappa shape index (κ1) is 6.02. The highest BCUT2D eigenvalue weighted by atomic mass is 19.1. The van der Waals surface area contributed by atoms with E-state index in [1.54, 1.807) is 0 Å². The summed E-state index contributed by atoms with van der Waals surface area (Å²) in [5.41, 5.74) is 0.0616. The van der Waals surface area contributed by atoms with Gasteiger partial charge in [0.1, 0.15) is 6.67 Å². The van der Waals surface area contributed by atoms with Crippen LogP contribution in [0.4, 0.5) is 4.39 Å². The van der Waals surface area contributed by atoms with Gasteiger partial charge in [0, 0.05) is 0 Å². The van der Waals surface area contributed by atoms with Crippen molar-refractivity contribution in [2.45, 2.75) is 25.4 Å². The highest BCUT2D eigenvalue weighted by Crippen LogP contribution is 2.38. The summed E-state index contributed by atoms with van der Waals surface area (Å²) in [6, 6.07) is 0. The molecule has 0 aromatic rings. The van der Waals surface area contributed by atoms with Crippen LogP contribution >= 0.6 is 0 Å². The molecule has 0 N–H and O–H groups in total. The first-order chi connectivity index (χ1) is 3.77. The van der Waals surface area contributed by atoms with E-state index in [9.17, 15) is 4.39 Å². The van der Waals surface area contributed by atoms with E-state index in [1.807, 2.05) is 6.92 Å². The smallest absolute Gasteiger partial charge is 0.113 e. The third kappa shape index (κ3) is 1.44. The third-order valence-electron chi connectivity index (χ3n) is 1.48. The van der Waals surface area contributed by atoms with Crippen LogP contribution in [0.25, 0.3) is 0 Å². The summed E-state index contributed by atoms with van der Waals surface area (Å²) < 4.78 is 16.5. The number of alkyl halides is 1. The van der Waals surface area contributed by atoms with Crippen LogP contribution in [0.5, 0.6) is 0 Å². The number of hydrogen-bond acceptors (Lipinski definition) is 1. The maximum Gasteiger partial charge on any atom is 0.113 e. The molecule has 8 heavy (non-hydrogen) atoms. The van der Waals surface area contributed by atoms with Gasteiger partial charge in [0.05, 0.1) is 12.2 Å². The van der Waals surface area contributed by atoms with Gasteiger partial charge in [-0.2, -0.15) is 0 Å². The fourth-order valence-corrected chi connectivity index (χ4v) is 0.605. The molecule has 0 spiro atoms. The van der Waals surface area contributed by atoms with E-state index in [0.29, 0.717) is 0 Å². The van der Waals surface area contributed by atoms with Gasteiger partial charge in [0.25, 0.3) is 0 Å². The zero-order chi connectivity index (χ0) is 6.04. The minimum Gasteiger partial charge on any atom is -0.373 e. The molecule has 1 aliphatic rings. The fraction of sp³-hybridized carbons (Fsp3) is 1.00. The van der Waals surface area contributed by atoms with Gasteiger partial charge in [-0.25, -0.2) is 4.39 Å². The van der Waals surface area contributed by atoms with Gasteiger partial charge in [-0.05, 0) is 19.8 Å². The molecule has 0 radical (unpaired) electrons. The van der Waals surface area contributed by atoms with Crippen LogP contribution in [0.1, 0.15) is 19.8 Å². The largest absolute Gasteiger partial charge is 0.373 e. The summed E-state index contributed by atoms with van der Waals surface area (Å²) in [6.07, 6.45) is 2.21. The lowest BCUT2D eigenvalue weighted by molar-refractivity contribution is 0.0377. The second-order valence-electron chi connectivity index (χ2n) is 2.49. The molecule has 1 aliphatic carbocycles. The van der Waals surface area contributed by atoms with Crippen LogP contribution < -0.4 is 0 Å². The summed E-state index contributed by atoms with van der Waals surface area (Å²) in [4.78, 5) is 0. The zero-order valence-corrected chi connectivity index (χ0v) is 5.11. The van der Waals surface area contributed by atoms with E-state index in [-0.39, 0.29) is 18.9 Å². The van der Waals surface area contributed by atoms with Crippen molar-refractivity contribution in [2.24, 2.45) is 0 Å². The van der Waals surface area contributed by atoms with Gasteiger partial charge in [0.15, 0.2) is 0 Å². The molecule has 0 heterocycles. The maximum absolute atomic E-state index is 11.4. The monoisotopic (exact) mass is 118 g/mol. The Hall–Kier alpha value is -0.110. The van der Waals surface area contributed by atoms with Gasteiger partial charge < -0.3 is 4.74 Å². The molecule has 0 amide bonds. The van der Waals surface area contributed by atoms with Crippen molar-refractivity contribution in [3.05, 3.63) is 0 Å². The van der Waals surface area contributed by atoms with Crippen LogP contribution in [0.15, 0.2) is 0 Å². The van der Waals surface area contributed by atoms with Crippen molar-refractivity contribution in [3.8, 4) is 0 Å². The molecule has 0 atom stereocenters. The molecule has 0 saturated heterocycles. The Morgan fingerprint density at radius 1 is 1.62 bits per heavy atom. The molecular weight excluding hydrogens is 107 g/mol. The second kappa shape index (κ2) is 2.02. The Balaban J connectivity index is 2.01. The first-order valence-electron chi connectivity index (χ1n) is 2.97. The van der Waals surface area contributed by atoms with Gasteiger partial charge in [-0.1, -0.05) is 0 Å². The molecule has 1 rings (SSSR count). The summed E-state index contributed by atoms with van der Waals surface area (Å²) >= 11 is 0. The van der Waals surface area contributed by atoms with Crippen molar-refractivity contribution in [3.63, 3.8) is 0 Å². The molecule has 0 aromatic carbocycles. The molecule has 1 saturated carbocycles. The minimum atomic E-state index is -0.352.